The summed E-state index contributed by atoms with van der Waals surface area (Å²) in [5, 5.41) is 14.2. The van der Waals surface area contributed by atoms with E-state index >= 15 is 0 Å². The molecule has 0 unspecified atom stereocenters. The maximum absolute atomic E-state index is 14.1. The van der Waals surface area contributed by atoms with E-state index in [9.17, 15) is 14.0 Å². The monoisotopic (exact) mass is 359 g/mol. The average molecular weight is 359 g/mol. The van der Waals surface area contributed by atoms with Gasteiger partial charge < -0.3 is 25.4 Å². The molecule has 0 aliphatic carbocycles. The van der Waals surface area contributed by atoms with Crippen molar-refractivity contribution >= 4 is 23.5 Å². The molecule has 0 saturated carbocycles. The molecule has 26 heavy (non-hydrogen) atoms. The molecule has 2 aromatic carbocycles. The number of anilines is 2. The molecule has 3 rings (SSSR count). The summed E-state index contributed by atoms with van der Waals surface area (Å²) < 4.78 is 19.0. The lowest BCUT2D eigenvalue weighted by atomic mass is 9.99. The second kappa shape index (κ2) is 7.30. The third-order valence-electron chi connectivity index (χ3n) is 4.18. The maximum atomic E-state index is 14.1. The lowest BCUT2D eigenvalue weighted by Gasteiger charge is -2.26. The van der Waals surface area contributed by atoms with E-state index in [-0.39, 0.29) is 11.4 Å². The van der Waals surface area contributed by atoms with Gasteiger partial charge in [-0.25, -0.2) is 14.0 Å². The number of methoxy groups -OCH3 is 1. The van der Waals surface area contributed by atoms with Gasteiger partial charge in [-0.05, 0) is 41.8 Å². The molecule has 0 atom stereocenters. The van der Waals surface area contributed by atoms with E-state index in [2.05, 4.69) is 10.6 Å². The SMILES string of the molecule is COc1cccc(NC(=O)Nc2ccc3c(c2)CCN(C(=O)O)C3)c1F. The van der Waals surface area contributed by atoms with Gasteiger partial charge in [0, 0.05) is 18.8 Å². The van der Waals surface area contributed by atoms with Gasteiger partial charge in [0.1, 0.15) is 0 Å². The predicted octanol–water partition coefficient (Wildman–Crippen LogP) is 3.51. The molecule has 0 bridgehead atoms. The number of nitrogens with zero attached hydrogens (tertiary/aromatic N) is 1. The molecule has 7 nitrogen and oxygen atoms in total. The topological polar surface area (TPSA) is 90.9 Å². The third kappa shape index (κ3) is 3.69. The molecule has 0 aromatic heterocycles. The van der Waals surface area contributed by atoms with Crippen molar-refractivity contribution in [2.45, 2.75) is 13.0 Å². The smallest absolute Gasteiger partial charge is 0.407 e. The number of urea groups is 1. The van der Waals surface area contributed by atoms with E-state index in [0.29, 0.717) is 25.2 Å². The molecule has 1 aliphatic rings. The summed E-state index contributed by atoms with van der Waals surface area (Å²) >= 11 is 0. The average Bonchev–Trinajstić information content (AvgIpc) is 2.63. The zero-order valence-corrected chi connectivity index (χ0v) is 14.1. The number of hydrogen-bond acceptors (Lipinski definition) is 3. The standard InChI is InChI=1S/C18H18FN3O4/c1-26-15-4-2-3-14(16(15)19)21-17(23)20-13-6-5-12-10-22(18(24)25)8-7-11(12)9-13/h2-6,9H,7-8,10H2,1H3,(H,24,25)(H2,20,21,23). The number of carbonyl (C=O) groups excluding carboxylic acids is 1. The highest BCUT2D eigenvalue weighted by atomic mass is 19.1. The number of rotatable bonds is 3. The Bertz CT molecular complexity index is 856. The number of benzene rings is 2. The van der Waals surface area contributed by atoms with Crippen molar-refractivity contribution in [3.63, 3.8) is 0 Å². The van der Waals surface area contributed by atoms with Crippen LogP contribution >= 0.6 is 0 Å². The van der Waals surface area contributed by atoms with Gasteiger partial charge in [-0.3, -0.25) is 0 Å². The molecular formula is C18H18FN3O4. The van der Waals surface area contributed by atoms with Crippen LogP contribution in [0.3, 0.4) is 0 Å². The lowest BCUT2D eigenvalue weighted by molar-refractivity contribution is 0.140. The van der Waals surface area contributed by atoms with E-state index in [4.69, 9.17) is 9.84 Å². The quantitative estimate of drug-likeness (QED) is 0.782. The minimum absolute atomic E-state index is 0.0110. The number of amides is 3. The number of halogens is 1. The van der Waals surface area contributed by atoms with Crippen molar-refractivity contribution in [2.24, 2.45) is 0 Å². The van der Waals surface area contributed by atoms with Gasteiger partial charge in [0.05, 0.1) is 12.8 Å². The van der Waals surface area contributed by atoms with Gasteiger partial charge in [-0.2, -0.15) is 0 Å². The Labute approximate surface area is 149 Å². The van der Waals surface area contributed by atoms with E-state index in [1.165, 1.54) is 24.1 Å². The van der Waals surface area contributed by atoms with Gasteiger partial charge in [0.2, 0.25) is 0 Å². The van der Waals surface area contributed by atoms with E-state index in [1.807, 2.05) is 0 Å². The zero-order valence-electron chi connectivity index (χ0n) is 14.1. The summed E-state index contributed by atoms with van der Waals surface area (Å²) in [6.07, 6.45) is -0.374. The Balaban J connectivity index is 1.68. The Morgan fingerprint density at radius 2 is 2.00 bits per heavy atom. The first-order chi connectivity index (χ1) is 12.5. The summed E-state index contributed by atoms with van der Waals surface area (Å²) in [6, 6.07) is 9.16. The molecule has 0 saturated heterocycles. The highest BCUT2D eigenvalue weighted by Gasteiger charge is 2.20. The van der Waals surface area contributed by atoms with E-state index in [0.717, 1.165) is 11.1 Å². The van der Waals surface area contributed by atoms with Crippen molar-refractivity contribution in [3.8, 4) is 5.75 Å². The molecule has 8 heteroatoms. The summed E-state index contributed by atoms with van der Waals surface area (Å²) in [6.45, 7) is 0.735. The number of nitrogens with one attached hydrogen (secondary N) is 2. The third-order valence-corrected chi connectivity index (χ3v) is 4.18. The normalized spacial score (nSPS) is 12.9. The molecule has 3 amide bonds. The Hall–Kier alpha value is -3.29. The predicted molar refractivity (Wildman–Crippen MR) is 94.2 cm³/mol. The van der Waals surface area contributed by atoms with Crippen molar-refractivity contribution in [3.05, 3.63) is 53.3 Å². The van der Waals surface area contributed by atoms with E-state index < -0.39 is 17.9 Å². The van der Waals surface area contributed by atoms with Crippen molar-refractivity contribution in [1.29, 1.82) is 0 Å². The van der Waals surface area contributed by atoms with Gasteiger partial charge in [-0.15, -0.1) is 0 Å². The fourth-order valence-electron chi connectivity index (χ4n) is 2.84. The first-order valence-corrected chi connectivity index (χ1v) is 7.98. The van der Waals surface area contributed by atoms with Crippen LogP contribution in [0.25, 0.3) is 0 Å². The highest BCUT2D eigenvalue weighted by Crippen LogP contribution is 2.25. The molecule has 136 valence electrons. The van der Waals surface area contributed by atoms with Gasteiger partial charge >= 0.3 is 12.1 Å². The first kappa shape index (κ1) is 17.5. The van der Waals surface area contributed by atoms with Crippen LogP contribution in [-0.2, 0) is 13.0 Å². The highest BCUT2D eigenvalue weighted by molar-refractivity contribution is 6.00. The van der Waals surface area contributed by atoms with Crippen LogP contribution in [0, 0.1) is 5.82 Å². The van der Waals surface area contributed by atoms with Crippen LogP contribution < -0.4 is 15.4 Å². The fraction of sp³-hybridized carbons (Fsp3) is 0.222. The number of fused-ring (bicyclic) bond motifs is 1. The molecule has 2 aromatic rings. The maximum Gasteiger partial charge on any atom is 0.407 e. The molecule has 0 radical (unpaired) electrons. The van der Waals surface area contributed by atoms with Crippen molar-refractivity contribution in [1.82, 2.24) is 4.90 Å². The molecule has 0 fully saturated rings. The Morgan fingerprint density at radius 3 is 2.73 bits per heavy atom. The van der Waals surface area contributed by atoms with E-state index in [1.54, 1.807) is 24.3 Å². The number of ether oxygens (including phenoxy) is 1. The molecular weight excluding hydrogens is 341 g/mol. The van der Waals surface area contributed by atoms with Gasteiger partial charge in [-0.1, -0.05) is 12.1 Å². The molecule has 0 spiro atoms. The summed E-state index contributed by atoms with van der Waals surface area (Å²) in [7, 11) is 1.35. The van der Waals surface area contributed by atoms with Crippen LogP contribution in [0.4, 0.5) is 25.4 Å². The summed E-state index contributed by atoms with van der Waals surface area (Å²) in [4.78, 5) is 24.5. The minimum Gasteiger partial charge on any atom is -0.494 e. The largest absolute Gasteiger partial charge is 0.494 e. The molecule has 3 N–H and O–H groups in total. The zero-order chi connectivity index (χ0) is 18.7. The second-order valence-electron chi connectivity index (χ2n) is 5.84. The van der Waals surface area contributed by atoms with Crippen LogP contribution in [-0.4, -0.2) is 35.8 Å². The Kier molecular flexibility index (Phi) is 4.92. The lowest BCUT2D eigenvalue weighted by Crippen LogP contribution is -2.34. The fourth-order valence-corrected chi connectivity index (χ4v) is 2.84. The molecule has 1 aliphatic heterocycles. The van der Waals surface area contributed by atoms with Gasteiger partial charge in [0.25, 0.3) is 0 Å². The number of hydrogen-bond donors (Lipinski definition) is 3. The minimum atomic E-state index is -0.947. The second-order valence-corrected chi connectivity index (χ2v) is 5.84. The van der Waals surface area contributed by atoms with Crippen LogP contribution in [0.2, 0.25) is 0 Å². The number of carboxylic acid groups (broad SMARTS) is 1. The first-order valence-electron chi connectivity index (χ1n) is 7.98. The molecule has 1 heterocycles. The number of carbonyl (C=O) groups is 2. The van der Waals surface area contributed by atoms with Crippen molar-refractivity contribution in [2.75, 3.05) is 24.3 Å². The Morgan fingerprint density at radius 1 is 1.19 bits per heavy atom. The summed E-state index contributed by atoms with van der Waals surface area (Å²) in [5.41, 5.74) is 2.45. The van der Waals surface area contributed by atoms with Gasteiger partial charge in [0.15, 0.2) is 11.6 Å². The van der Waals surface area contributed by atoms with Crippen LogP contribution in [0.5, 0.6) is 5.75 Å². The van der Waals surface area contributed by atoms with Crippen LogP contribution in [0.1, 0.15) is 11.1 Å². The summed E-state index contributed by atoms with van der Waals surface area (Å²) in [5.74, 6) is -0.607. The van der Waals surface area contributed by atoms with Crippen LogP contribution in [0.15, 0.2) is 36.4 Å². The van der Waals surface area contributed by atoms with Crippen molar-refractivity contribution < 1.29 is 23.8 Å².